The van der Waals surface area contributed by atoms with Crippen LogP contribution in [0.4, 0.5) is 11.4 Å². The summed E-state index contributed by atoms with van der Waals surface area (Å²) in [5, 5.41) is 7.56. The van der Waals surface area contributed by atoms with Crippen LogP contribution in [-0.2, 0) is 16.1 Å². The number of nitrogens with one attached hydrogen (secondary N) is 1. The minimum atomic E-state index is -0.450. The fourth-order valence-electron chi connectivity index (χ4n) is 2.17. The third-order valence-electron chi connectivity index (χ3n) is 3.52. The van der Waals surface area contributed by atoms with E-state index in [-0.39, 0.29) is 6.42 Å². The highest BCUT2D eigenvalue weighted by atomic mass is 16.7. The van der Waals surface area contributed by atoms with E-state index in [0.717, 1.165) is 5.56 Å². The zero-order chi connectivity index (χ0) is 18.9. The normalized spacial score (nSPS) is 10.5. The molecular formula is C20H16N4O3. The molecule has 1 aromatic heterocycles. The molecule has 3 rings (SSSR count). The second-order valence-corrected chi connectivity index (χ2v) is 5.53. The van der Waals surface area contributed by atoms with Crippen molar-refractivity contribution in [2.75, 3.05) is 5.48 Å². The number of carbonyl (C=O) groups excluding carboxylic acids is 2. The van der Waals surface area contributed by atoms with Crippen molar-refractivity contribution >= 4 is 23.3 Å². The Balaban J connectivity index is 1.50. The molecule has 0 spiro atoms. The highest BCUT2D eigenvalue weighted by molar-refractivity contribution is 5.94. The van der Waals surface area contributed by atoms with Gasteiger partial charge in [-0.15, -0.1) is 10.2 Å². The van der Waals surface area contributed by atoms with Crippen LogP contribution in [0.1, 0.15) is 15.9 Å². The Morgan fingerprint density at radius 3 is 2.33 bits per heavy atom. The minimum absolute atomic E-state index is 0.178. The first kappa shape index (κ1) is 17.9. The number of rotatable bonds is 6. The topological polar surface area (TPSA) is 93.0 Å². The van der Waals surface area contributed by atoms with Gasteiger partial charge in [0.15, 0.2) is 0 Å². The van der Waals surface area contributed by atoms with E-state index in [4.69, 9.17) is 4.84 Å². The third kappa shape index (κ3) is 5.57. The fourth-order valence-corrected chi connectivity index (χ4v) is 2.17. The lowest BCUT2D eigenvalue weighted by molar-refractivity contribution is -0.139. The Morgan fingerprint density at radius 1 is 0.926 bits per heavy atom. The van der Waals surface area contributed by atoms with E-state index in [1.165, 1.54) is 12.4 Å². The van der Waals surface area contributed by atoms with E-state index in [9.17, 15) is 9.59 Å². The maximum Gasteiger partial charge on any atom is 0.336 e. The third-order valence-corrected chi connectivity index (χ3v) is 3.52. The second kappa shape index (κ2) is 9.00. The first-order chi connectivity index (χ1) is 13.2. The van der Waals surface area contributed by atoms with Crippen molar-refractivity contribution in [3.05, 3.63) is 90.3 Å². The maximum absolute atomic E-state index is 11.9. The highest BCUT2D eigenvalue weighted by Crippen LogP contribution is 2.17. The lowest BCUT2D eigenvalue weighted by Crippen LogP contribution is -2.12. The van der Waals surface area contributed by atoms with Crippen LogP contribution in [0.15, 0.2) is 89.4 Å². The zero-order valence-electron chi connectivity index (χ0n) is 14.3. The fraction of sp³-hybridized carbons (Fsp3) is 0.0500. The Bertz CT molecular complexity index is 926. The summed E-state index contributed by atoms with van der Waals surface area (Å²) < 4.78 is 0. The van der Waals surface area contributed by atoms with E-state index in [1.807, 2.05) is 30.3 Å². The van der Waals surface area contributed by atoms with E-state index < -0.39 is 11.9 Å². The number of amides is 1. The molecule has 0 radical (unpaired) electrons. The molecule has 0 saturated carbocycles. The lowest BCUT2D eigenvalue weighted by Gasteiger charge is -2.07. The first-order valence-electron chi connectivity index (χ1n) is 8.16. The van der Waals surface area contributed by atoms with Crippen LogP contribution in [0.2, 0.25) is 0 Å². The monoisotopic (exact) mass is 360 g/mol. The molecule has 134 valence electrons. The minimum Gasteiger partial charge on any atom is -0.343 e. The van der Waals surface area contributed by atoms with Gasteiger partial charge in [0.05, 0.1) is 17.8 Å². The molecule has 0 bridgehead atoms. The average Bonchev–Trinajstić information content (AvgIpc) is 2.72. The molecule has 0 fully saturated rings. The quantitative estimate of drug-likeness (QED) is 0.527. The van der Waals surface area contributed by atoms with Gasteiger partial charge in [-0.3, -0.25) is 9.78 Å². The average molecular weight is 360 g/mol. The van der Waals surface area contributed by atoms with E-state index in [2.05, 4.69) is 20.7 Å². The van der Waals surface area contributed by atoms with Crippen LogP contribution in [0, 0.1) is 0 Å². The summed E-state index contributed by atoms with van der Waals surface area (Å²) >= 11 is 0. The molecule has 1 amide bonds. The number of anilines is 1. The van der Waals surface area contributed by atoms with Gasteiger partial charge in [-0.05, 0) is 42.0 Å². The molecule has 0 saturated heterocycles. The Labute approximate surface area is 155 Å². The van der Waals surface area contributed by atoms with Crippen molar-refractivity contribution < 1.29 is 14.4 Å². The molecule has 0 aliphatic carbocycles. The van der Waals surface area contributed by atoms with Crippen molar-refractivity contribution in [1.29, 1.82) is 0 Å². The van der Waals surface area contributed by atoms with Crippen molar-refractivity contribution in [2.24, 2.45) is 10.2 Å². The molecule has 1 N–H and O–H groups in total. The van der Waals surface area contributed by atoms with Crippen LogP contribution in [0.5, 0.6) is 0 Å². The van der Waals surface area contributed by atoms with E-state index in [1.54, 1.807) is 36.4 Å². The molecule has 27 heavy (non-hydrogen) atoms. The Morgan fingerprint density at radius 2 is 1.63 bits per heavy atom. The number of nitrogens with zero attached hydrogens (tertiary/aromatic N) is 3. The number of carbonyl (C=O) groups is 2. The number of azo groups is 1. The molecule has 7 heteroatoms. The predicted octanol–water partition coefficient (Wildman–Crippen LogP) is 4.12. The molecule has 0 aliphatic rings. The number of benzene rings is 2. The van der Waals surface area contributed by atoms with Gasteiger partial charge in [0.25, 0.3) is 5.91 Å². The lowest BCUT2D eigenvalue weighted by atomic mass is 10.2. The predicted molar refractivity (Wildman–Crippen MR) is 99.4 cm³/mol. The summed E-state index contributed by atoms with van der Waals surface area (Å²) in [6.07, 6.45) is 3.21. The summed E-state index contributed by atoms with van der Waals surface area (Å²) in [6.45, 7) is 0. The van der Waals surface area contributed by atoms with Gasteiger partial charge in [-0.25, -0.2) is 10.3 Å². The summed E-state index contributed by atoms with van der Waals surface area (Å²) in [6, 6.07) is 19.1. The second-order valence-electron chi connectivity index (χ2n) is 5.53. The summed E-state index contributed by atoms with van der Waals surface area (Å²) in [7, 11) is 0. The molecule has 0 atom stereocenters. The van der Waals surface area contributed by atoms with Crippen LogP contribution in [0.25, 0.3) is 0 Å². The van der Waals surface area contributed by atoms with Crippen LogP contribution in [0.3, 0.4) is 0 Å². The van der Waals surface area contributed by atoms with Crippen LogP contribution < -0.4 is 5.48 Å². The van der Waals surface area contributed by atoms with Gasteiger partial charge >= 0.3 is 5.97 Å². The molecule has 0 unspecified atom stereocenters. The highest BCUT2D eigenvalue weighted by Gasteiger charge is 2.05. The zero-order valence-corrected chi connectivity index (χ0v) is 14.3. The molecule has 3 aromatic rings. The Kier molecular flexibility index (Phi) is 5.98. The van der Waals surface area contributed by atoms with E-state index in [0.29, 0.717) is 16.9 Å². The molecule has 2 aromatic carbocycles. The SMILES string of the molecule is O=C(Cc1ccccc1)ONc1ccc(N=NC(=O)c2ccncc2)cc1. The first-order valence-corrected chi connectivity index (χ1v) is 8.16. The van der Waals surface area contributed by atoms with Gasteiger partial charge in [-0.1, -0.05) is 30.3 Å². The number of pyridine rings is 1. The van der Waals surface area contributed by atoms with Gasteiger partial charge in [0.2, 0.25) is 0 Å². The molecule has 0 aliphatic heterocycles. The van der Waals surface area contributed by atoms with Crippen molar-refractivity contribution in [3.8, 4) is 0 Å². The van der Waals surface area contributed by atoms with Gasteiger partial charge in [0, 0.05) is 18.0 Å². The van der Waals surface area contributed by atoms with Crippen molar-refractivity contribution in [2.45, 2.75) is 6.42 Å². The van der Waals surface area contributed by atoms with Crippen LogP contribution in [-0.4, -0.2) is 16.9 Å². The van der Waals surface area contributed by atoms with E-state index >= 15 is 0 Å². The van der Waals surface area contributed by atoms with Gasteiger partial charge in [-0.2, -0.15) is 0 Å². The largest absolute Gasteiger partial charge is 0.343 e. The van der Waals surface area contributed by atoms with Crippen molar-refractivity contribution in [3.63, 3.8) is 0 Å². The van der Waals surface area contributed by atoms with Crippen LogP contribution >= 0.6 is 0 Å². The summed E-state index contributed by atoms with van der Waals surface area (Å²) in [5.41, 5.74) is 4.95. The molecule has 7 nitrogen and oxygen atoms in total. The molecular weight excluding hydrogens is 344 g/mol. The Hall–Kier alpha value is -3.87. The molecule has 1 heterocycles. The summed E-state index contributed by atoms with van der Waals surface area (Å²) in [5.74, 6) is -0.845. The smallest absolute Gasteiger partial charge is 0.336 e. The van der Waals surface area contributed by atoms with Gasteiger partial charge in [0.1, 0.15) is 0 Å². The number of hydrogen-bond donors (Lipinski definition) is 1. The number of hydrogen-bond acceptors (Lipinski definition) is 6. The maximum atomic E-state index is 11.9. The standard InChI is InChI=1S/C20H16N4O3/c25-19(14-15-4-2-1-3-5-15)27-24-18-8-6-17(7-9-18)22-23-20(26)16-10-12-21-13-11-16/h1-13,24H,14H2. The summed E-state index contributed by atoms with van der Waals surface area (Å²) in [4.78, 5) is 32.5. The van der Waals surface area contributed by atoms with Gasteiger partial charge < -0.3 is 4.84 Å². The number of aromatic nitrogens is 1. The van der Waals surface area contributed by atoms with Crippen molar-refractivity contribution in [1.82, 2.24) is 4.98 Å².